The molecule has 0 radical (unpaired) electrons. The van der Waals surface area contributed by atoms with Crippen molar-refractivity contribution in [3.05, 3.63) is 177 Å². The molecule has 6 rings (SSSR count). The van der Waals surface area contributed by atoms with E-state index in [4.69, 9.17) is 42.6 Å². The zero-order chi connectivity index (χ0) is 56.5. The second-order valence-corrected chi connectivity index (χ2v) is 26.4. The molecule has 0 spiro atoms. The van der Waals surface area contributed by atoms with Crippen LogP contribution in [0.3, 0.4) is 0 Å². The van der Waals surface area contributed by atoms with E-state index in [1.807, 2.05) is 61.5 Å². The van der Waals surface area contributed by atoms with E-state index < -0.39 is 0 Å². The summed E-state index contributed by atoms with van der Waals surface area (Å²) in [5, 5.41) is 0.810. The van der Waals surface area contributed by atoms with Gasteiger partial charge in [-0.1, -0.05) is 19.4 Å². The molecule has 0 unspecified atom stereocenters. The Labute approximate surface area is 482 Å². The molecule has 0 bridgehead atoms. The van der Waals surface area contributed by atoms with E-state index in [9.17, 15) is 14.4 Å². The molecule has 6 aromatic rings. The number of ether oxygens (including phenoxy) is 9. The van der Waals surface area contributed by atoms with Crippen LogP contribution in [0.15, 0.2) is 127 Å². The summed E-state index contributed by atoms with van der Waals surface area (Å²) >= 11 is 0.482. The average molecular weight is 1260 g/mol. The third-order valence-electron chi connectivity index (χ3n) is 11.8. The number of rotatable bonds is 29. The summed E-state index contributed by atoms with van der Waals surface area (Å²) in [5.41, 5.74) is 7.92. The van der Waals surface area contributed by atoms with Crippen LogP contribution >= 0.6 is 0 Å². The molecule has 6 aromatic carbocycles. The predicted molar refractivity (Wildman–Crippen MR) is 313 cm³/mol. The first-order valence-electron chi connectivity index (χ1n) is 26.2. The summed E-state index contributed by atoms with van der Waals surface area (Å²) in [5.74, 6) is 0.509. The Bertz CT molecular complexity index is 2660. The third-order valence-corrected chi connectivity index (χ3v) is 20.4. The Morgan fingerprint density at radius 2 is 0.821 bits per heavy atom. The molecular formula is C63H78O12Se3. The molecule has 12 nitrogen and oxygen atoms in total. The van der Waals surface area contributed by atoms with Gasteiger partial charge in [0.05, 0.1) is 7.11 Å². The van der Waals surface area contributed by atoms with Crippen LogP contribution in [0.1, 0.15) is 127 Å². The van der Waals surface area contributed by atoms with Crippen molar-refractivity contribution in [1.82, 2.24) is 0 Å². The van der Waals surface area contributed by atoms with Crippen LogP contribution < -0.4 is 27.6 Å². The number of benzene rings is 6. The van der Waals surface area contributed by atoms with Crippen molar-refractivity contribution in [2.24, 2.45) is 0 Å². The quantitative estimate of drug-likeness (QED) is 0.0192. The van der Waals surface area contributed by atoms with E-state index in [1.54, 1.807) is 21.3 Å². The zero-order valence-corrected chi connectivity index (χ0v) is 52.2. The van der Waals surface area contributed by atoms with Crippen molar-refractivity contribution < 1.29 is 57.0 Å². The first-order valence-corrected chi connectivity index (χ1v) is 31.9. The van der Waals surface area contributed by atoms with E-state index in [2.05, 4.69) is 93.6 Å². The van der Waals surface area contributed by atoms with Crippen LogP contribution in [-0.2, 0) is 53.0 Å². The van der Waals surface area contributed by atoms with Gasteiger partial charge in [0.15, 0.2) is 6.79 Å². The summed E-state index contributed by atoms with van der Waals surface area (Å²) in [7, 11) is 8.90. The molecule has 0 aromatic heterocycles. The van der Waals surface area contributed by atoms with E-state index in [-0.39, 0.29) is 86.9 Å². The number of aryl methyl sites for hydroxylation is 4. The summed E-state index contributed by atoms with van der Waals surface area (Å²) in [6, 6.07) is 43.6. The molecule has 0 aliphatic heterocycles. The van der Waals surface area contributed by atoms with Crippen molar-refractivity contribution in [2.45, 2.75) is 94.5 Å². The van der Waals surface area contributed by atoms with Crippen molar-refractivity contribution in [2.75, 3.05) is 63.0 Å². The van der Waals surface area contributed by atoms with Crippen molar-refractivity contribution in [3.8, 4) is 17.2 Å². The van der Waals surface area contributed by atoms with E-state index in [1.165, 1.54) is 45.8 Å². The maximum absolute atomic E-state index is 13.0. The molecule has 0 saturated carbocycles. The van der Waals surface area contributed by atoms with Crippen molar-refractivity contribution in [3.63, 3.8) is 0 Å². The summed E-state index contributed by atoms with van der Waals surface area (Å²) in [4.78, 5) is 37.2. The molecule has 0 amide bonds. The van der Waals surface area contributed by atoms with Gasteiger partial charge in [-0.2, -0.15) is 0 Å². The Balaban J connectivity index is 0.000000262. The van der Waals surface area contributed by atoms with Gasteiger partial charge in [0, 0.05) is 7.11 Å². The van der Waals surface area contributed by atoms with Gasteiger partial charge >= 0.3 is 378 Å². The van der Waals surface area contributed by atoms with Crippen LogP contribution in [0, 0.1) is 6.92 Å². The van der Waals surface area contributed by atoms with Crippen molar-refractivity contribution in [1.29, 1.82) is 0 Å². The van der Waals surface area contributed by atoms with Crippen LogP contribution in [0.4, 0.5) is 0 Å². The summed E-state index contributed by atoms with van der Waals surface area (Å²) < 4.78 is 51.4. The molecule has 78 heavy (non-hydrogen) atoms. The molecule has 0 N–H and O–H groups in total. The van der Waals surface area contributed by atoms with Crippen LogP contribution in [0.2, 0.25) is 0 Å². The minimum atomic E-state index is -0.384. The molecule has 0 saturated heterocycles. The standard InChI is InChI=1S/C27H30O4Se2.C21H26O4Se.C15H22O4/c1-4-5-12-20-17-23(25(26(28)30-3)24(18-20)31-19-29-2)27(32-21-13-8-6-9-14-21)33-22-15-10-7-11-16-22;1-4-5-9-16-12-17(14-26-18-10-7-6-8-11-18)20(21(22)24-3)19(13-16)25-15-23-2;1-5-6-7-12-8-11(2)14(15(16)18-4)13(9-12)19-10-17-3/h6-11,13-18,27H,4-5,12,19H2,1-3H3;6-8,10-13H,4-5,9,14-15H2,1-3H3;8-9H,5-7,10H2,1-4H3. The summed E-state index contributed by atoms with van der Waals surface area (Å²) in [6.07, 6.45) is 9.53. The molecule has 420 valence electrons. The Morgan fingerprint density at radius 1 is 0.449 bits per heavy atom. The number of carbonyl (C=O) groups is 3. The maximum atomic E-state index is 13.0. The van der Waals surface area contributed by atoms with Crippen LogP contribution in [0.25, 0.3) is 0 Å². The number of unbranched alkanes of at least 4 members (excludes halogenated alkanes) is 3. The fourth-order valence-corrected chi connectivity index (χ4v) is 16.5. The van der Waals surface area contributed by atoms with E-state index >= 15 is 0 Å². The second kappa shape index (κ2) is 37.4. The molecule has 0 atom stereocenters. The third kappa shape index (κ3) is 21.7. The van der Waals surface area contributed by atoms with Gasteiger partial charge in [0.25, 0.3) is 0 Å². The van der Waals surface area contributed by atoms with Gasteiger partial charge in [-0.25, -0.2) is 4.79 Å². The van der Waals surface area contributed by atoms with Crippen LogP contribution in [0.5, 0.6) is 17.2 Å². The van der Waals surface area contributed by atoms with Gasteiger partial charge in [-0.3, -0.25) is 0 Å². The molecule has 0 heterocycles. The van der Waals surface area contributed by atoms with Gasteiger partial charge in [-0.05, 0) is 37.0 Å². The first kappa shape index (κ1) is 65.1. The predicted octanol–water partition coefficient (Wildman–Crippen LogP) is 10.3. The number of esters is 3. The van der Waals surface area contributed by atoms with Crippen LogP contribution in [-0.4, -0.2) is 126 Å². The van der Waals surface area contributed by atoms with Gasteiger partial charge in [0.2, 0.25) is 0 Å². The monoisotopic (exact) mass is 1270 g/mol. The average Bonchev–Trinajstić information content (AvgIpc) is 3.56. The Kier molecular flexibility index (Phi) is 31.2. The Morgan fingerprint density at radius 3 is 1.24 bits per heavy atom. The first-order chi connectivity index (χ1) is 38.0. The van der Waals surface area contributed by atoms with Crippen molar-refractivity contribution >= 4 is 76.2 Å². The fourth-order valence-electron chi connectivity index (χ4n) is 7.94. The normalized spacial score (nSPS) is 10.7. The fraction of sp³-hybridized carbons (Fsp3) is 0.381. The van der Waals surface area contributed by atoms with Gasteiger partial charge in [0.1, 0.15) is 11.3 Å². The molecule has 0 fully saturated rings. The zero-order valence-electron chi connectivity index (χ0n) is 47.0. The molecule has 15 heteroatoms. The summed E-state index contributed by atoms with van der Waals surface area (Å²) in [6.45, 7) is 8.69. The molecule has 0 aliphatic carbocycles. The number of hydrogen-bond donors (Lipinski definition) is 0. The van der Waals surface area contributed by atoms with E-state index in [0.29, 0.717) is 33.9 Å². The minimum absolute atomic E-state index is 0.0823. The number of hydrogen-bond acceptors (Lipinski definition) is 12. The second-order valence-electron chi connectivity index (χ2n) is 17.7. The van der Waals surface area contributed by atoms with Gasteiger partial charge < -0.3 is 14.2 Å². The Hall–Kier alpha value is -5.43. The topological polar surface area (TPSA) is 134 Å². The molecular weight excluding hydrogens is 1190 g/mol. The van der Waals surface area contributed by atoms with Gasteiger partial charge in [-0.15, -0.1) is 0 Å². The molecule has 0 aliphatic rings. The SMILES string of the molecule is CCCCc1cc(C)c(C(=O)OC)c(OCOC)c1.CCCCc1cc(C[Se]c2ccccc2)c(C(=O)OC)c(OCOC)c1.CCCCc1cc(OCOC)c(C(=O)OC)c(C([Se]c2ccccc2)[Se]c2ccccc2)c1. The number of carbonyl (C=O) groups excluding carboxylic acids is 3. The number of methoxy groups -OCH3 is 6. The van der Waals surface area contributed by atoms with E-state index in [0.717, 1.165) is 85.4 Å².